The lowest BCUT2D eigenvalue weighted by Crippen LogP contribution is -2.56. The van der Waals surface area contributed by atoms with E-state index < -0.39 is 41.9 Å². The number of urea groups is 1. The molecule has 0 aromatic heterocycles. The number of amides is 4. The second-order valence-electron chi connectivity index (χ2n) is 9.36. The maximum absolute atomic E-state index is 14.2. The molecule has 3 aromatic rings. The minimum absolute atomic E-state index is 0.0557. The largest absolute Gasteiger partial charge is 0.351 e. The average Bonchev–Trinajstić information content (AvgIpc) is 3.14. The number of fused-ring (bicyclic) bond motifs is 1. The van der Waals surface area contributed by atoms with Gasteiger partial charge in [0.15, 0.2) is 11.8 Å². The lowest BCUT2D eigenvalue weighted by Gasteiger charge is -2.30. The Morgan fingerprint density at radius 2 is 1.50 bits per heavy atom. The zero-order valence-corrected chi connectivity index (χ0v) is 22.7. The van der Waals surface area contributed by atoms with Gasteiger partial charge in [0.05, 0.1) is 18.7 Å². The molecule has 0 fully saturated rings. The van der Waals surface area contributed by atoms with E-state index in [1.165, 1.54) is 29.2 Å². The molecular formula is C30H33FN4O5. The summed E-state index contributed by atoms with van der Waals surface area (Å²) < 4.78 is 24.8. The van der Waals surface area contributed by atoms with Crippen LogP contribution < -0.4 is 20.9 Å². The highest BCUT2D eigenvalue weighted by Gasteiger charge is 2.53. The van der Waals surface area contributed by atoms with E-state index in [1.807, 2.05) is 32.9 Å². The molecule has 3 aromatic carbocycles. The molecule has 0 radical (unpaired) electrons. The van der Waals surface area contributed by atoms with Crippen LogP contribution in [0.4, 0.5) is 26.2 Å². The van der Waals surface area contributed by atoms with Crippen molar-refractivity contribution in [2.75, 3.05) is 35.3 Å². The molecule has 210 valence electrons. The summed E-state index contributed by atoms with van der Waals surface area (Å²) >= 11 is 0. The third-order valence-corrected chi connectivity index (χ3v) is 6.49. The Balaban J connectivity index is 1.69. The maximum Gasteiger partial charge on any atom is 0.320 e. The van der Waals surface area contributed by atoms with Gasteiger partial charge in [0.1, 0.15) is 5.82 Å². The number of para-hydroxylation sites is 1. The monoisotopic (exact) mass is 548 g/mol. The van der Waals surface area contributed by atoms with Gasteiger partial charge in [-0.05, 0) is 63.2 Å². The lowest BCUT2D eigenvalue weighted by molar-refractivity contribution is -0.138. The summed E-state index contributed by atoms with van der Waals surface area (Å²) in [4.78, 5) is 42.3. The van der Waals surface area contributed by atoms with E-state index in [0.717, 1.165) is 5.56 Å². The van der Waals surface area contributed by atoms with Crippen LogP contribution in [-0.4, -0.2) is 43.9 Å². The first kappa shape index (κ1) is 28.7. The van der Waals surface area contributed by atoms with Crippen LogP contribution in [0.15, 0.2) is 72.8 Å². The smallest absolute Gasteiger partial charge is 0.320 e. The van der Waals surface area contributed by atoms with Crippen molar-refractivity contribution in [1.29, 1.82) is 0 Å². The van der Waals surface area contributed by atoms with Gasteiger partial charge in [-0.3, -0.25) is 9.59 Å². The van der Waals surface area contributed by atoms with Crippen LogP contribution in [0.25, 0.3) is 0 Å². The number of carbonyl (C=O) groups excluding carboxylic acids is 3. The zero-order valence-electron chi connectivity index (χ0n) is 22.7. The Hall–Kier alpha value is -4.28. The van der Waals surface area contributed by atoms with Crippen molar-refractivity contribution in [3.63, 3.8) is 0 Å². The highest BCUT2D eigenvalue weighted by Crippen LogP contribution is 2.43. The molecule has 0 bridgehead atoms. The van der Waals surface area contributed by atoms with Crippen LogP contribution in [-0.2, 0) is 24.6 Å². The van der Waals surface area contributed by atoms with E-state index in [9.17, 15) is 18.8 Å². The molecule has 1 atom stereocenters. The number of carbonyl (C=O) groups is 3. The van der Waals surface area contributed by atoms with Crippen molar-refractivity contribution in [3.05, 3.63) is 89.7 Å². The van der Waals surface area contributed by atoms with Gasteiger partial charge < -0.3 is 30.3 Å². The van der Waals surface area contributed by atoms with Gasteiger partial charge in [-0.25, -0.2) is 9.18 Å². The fourth-order valence-corrected chi connectivity index (χ4v) is 4.69. The van der Waals surface area contributed by atoms with Crippen LogP contribution in [0.1, 0.15) is 31.4 Å². The number of hydrogen-bond donors (Lipinski definition) is 3. The molecule has 40 heavy (non-hydrogen) atoms. The first-order valence-electron chi connectivity index (χ1n) is 13.1. The van der Waals surface area contributed by atoms with Crippen molar-refractivity contribution >= 4 is 34.9 Å². The molecule has 1 aliphatic rings. The van der Waals surface area contributed by atoms with Crippen LogP contribution in [0.3, 0.4) is 0 Å². The minimum Gasteiger partial charge on any atom is -0.351 e. The van der Waals surface area contributed by atoms with E-state index >= 15 is 0 Å². The quantitative estimate of drug-likeness (QED) is 0.295. The molecule has 3 N–H and O–H groups in total. The molecule has 0 saturated heterocycles. The fraction of sp³-hybridized carbons (Fsp3) is 0.300. The number of benzene rings is 3. The van der Waals surface area contributed by atoms with E-state index in [0.29, 0.717) is 35.8 Å². The molecule has 0 spiro atoms. The van der Waals surface area contributed by atoms with E-state index in [2.05, 4.69) is 16.0 Å². The average molecular weight is 549 g/mol. The normalized spacial score (nSPS) is 16.1. The third-order valence-electron chi connectivity index (χ3n) is 6.49. The maximum atomic E-state index is 14.2. The van der Waals surface area contributed by atoms with E-state index in [-0.39, 0.29) is 6.54 Å². The number of nitrogens with zero attached hydrogens (tertiary/aromatic N) is 1. The predicted molar refractivity (Wildman–Crippen MR) is 150 cm³/mol. The molecule has 4 rings (SSSR count). The highest BCUT2D eigenvalue weighted by atomic mass is 19.1. The van der Waals surface area contributed by atoms with Gasteiger partial charge in [0, 0.05) is 30.2 Å². The molecular weight excluding hydrogens is 515 g/mol. The summed E-state index contributed by atoms with van der Waals surface area (Å²) in [5, 5.41) is 8.26. The topological polar surface area (TPSA) is 109 Å². The molecule has 0 unspecified atom stereocenters. The summed E-state index contributed by atoms with van der Waals surface area (Å²) in [6, 6.07) is 18.8. The molecule has 4 amide bonds. The number of hydrogen-bond acceptors (Lipinski definition) is 5. The Bertz CT molecular complexity index is 1280. The summed E-state index contributed by atoms with van der Waals surface area (Å²) in [5.74, 6) is -1.50. The van der Waals surface area contributed by atoms with Crippen LogP contribution in [0, 0.1) is 12.7 Å². The molecule has 0 saturated carbocycles. The summed E-state index contributed by atoms with van der Waals surface area (Å²) in [6.07, 6.45) is -1.12. The van der Waals surface area contributed by atoms with Gasteiger partial charge in [-0.15, -0.1) is 0 Å². The van der Waals surface area contributed by atoms with Crippen LogP contribution >= 0.6 is 0 Å². The Kier molecular flexibility index (Phi) is 9.13. The standard InChI is InChI=1S/C30H33FN4O5/c1-4-39-27(40-5-2)19-35-25-9-7-6-8-24(25)30(28(35)37,18-26(36)32-22-16-12-21(31)13-17-22)34-29(38)33-23-14-10-20(3)11-15-23/h6-17,27H,4-5,18-19H2,1-3H3,(H,32,36)(H2,33,34,38)/t30-/m0/s1. The minimum atomic E-state index is -1.74. The molecule has 1 aliphatic heterocycles. The van der Waals surface area contributed by atoms with Gasteiger partial charge in [-0.2, -0.15) is 0 Å². The summed E-state index contributed by atoms with van der Waals surface area (Å²) in [7, 11) is 0. The predicted octanol–water partition coefficient (Wildman–Crippen LogP) is 4.93. The highest BCUT2D eigenvalue weighted by molar-refractivity contribution is 6.12. The fourth-order valence-electron chi connectivity index (χ4n) is 4.69. The Morgan fingerprint density at radius 1 is 0.900 bits per heavy atom. The van der Waals surface area contributed by atoms with Gasteiger partial charge >= 0.3 is 6.03 Å². The second-order valence-corrected chi connectivity index (χ2v) is 9.36. The number of halogens is 1. The van der Waals surface area contributed by atoms with Gasteiger partial charge in [0.25, 0.3) is 5.91 Å². The number of rotatable bonds is 11. The molecule has 0 aliphatic carbocycles. The van der Waals surface area contributed by atoms with Gasteiger partial charge in [0.2, 0.25) is 5.91 Å². The second kappa shape index (κ2) is 12.7. The number of aryl methyl sites for hydroxylation is 1. The number of anilines is 3. The van der Waals surface area contributed by atoms with Crippen molar-refractivity contribution in [2.24, 2.45) is 0 Å². The summed E-state index contributed by atoms with van der Waals surface area (Å²) in [5.41, 5.74) is 1.15. The molecule has 9 nitrogen and oxygen atoms in total. The third kappa shape index (κ3) is 6.47. The van der Waals surface area contributed by atoms with Crippen molar-refractivity contribution < 1.29 is 28.2 Å². The number of nitrogens with one attached hydrogen (secondary N) is 3. The van der Waals surface area contributed by atoms with E-state index in [4.69, 9.17) is 9.47 Å². The summed E-state index contributed by atoms with van der Waals surface area (Å²) in [6.45, 7) is 6.38. The Labute approximate surface area is 232 Å². The first-order chi connectivity index (χ1) is 19.3. The van der Waals surface area contributed by atoms with Crippen molar-refractivity contribution in [3.8, 4) is 0 Å². The zero-order chi connectivity index (χ0) is 28.7. The van der Waals surface area contributed by atoms with Crippen LogP contribution in [0.5, 0.6) is 0 Å². The lowest BCUT2D eigenvalue weighted by atomic mass is 9.87. The van der Waals surface area contributed by atoms with Crippen LogP contribution in [0.2, 0.25) is 0 Å². The van der Waals surface area contributed by atoms with E-state index in [1.54, 1.807) is 36.4 Å². The van der Waals surface area contributed by atoms with Gasteiger partial charge in [-0.1, -0.05) is 35.9 Å². The molecule has 10 heteroatoms. The SMILES string of the molecule is CCOC(CN1C(=O)[C@@](CC(=O)Nc2ccc(F)cc2)(NC(=O)Nc2ccc(C)cc2)c2ccccc21)OCC. The van der Waals surface area contributed by atoms with Crippen molar-refractivity contribution in [2.45, 2.75) is 39.0 Å². The molecule has 1 heterocycles. The number of ether oxygens (including phenoxy) is 2. The van der Waals surface area contributed by atoms with Crippen molar-refractivity contribution in [1.82, 2.24) is 5.32 Å². The Morgan fingerprint density at radius 3 is 2.15 bits per heavy atom. The first-order valence-corrected chi connectivity index (χ1v) is 13.1.